The van der Waals surface area contributed by atoms with Crippen molar-refractivity contribution in [2.24, 2.45) is 0 Å². The summed E-state index contributed by atoms with van der Waals surface area (Å²) in [5.41, 5.74) is 4.75. The molecule has 0 bridgehead atoms. The van der Waals surface area contributed by atoms with Gasteiger partial charge in [0.1, 0.15) is 11.9 Å². The number of hydrogen-bond acceptors (Lipinski definition) is 3. The topological polar surface area (TPSA) is 25.4 Å². The number of likely N-dealkylation sites (tertiary alicyclic amines) is 1. The van der Waals surface area contributed by atoms with E-state index in [2.05, 4.69) is 66.2 Å². The molecule has 1 aromatic heterocycles. The Hall–Kier alpha value is -2.39. The lowest BCUT2D eigenvalue weighted by Gasteiger charge is -2.31. The van der Waals surface area contributed by atoms with Crippen molar-refractivity contribution in [3.63, 3.8) is 0 Å². The summed E-state index contributed by atoms with van der Waals surface area (Å²) in [6.45, 7) is 7.80. The summed E-state index contributed by atoms with van der Waals surface area (Å²) in [6.07, 6.45) is 4.44. The van der Waals surface area contributed by atoms with Gasteiger partial charge in [0.25, 0.3) is 0 Å². The summed E-state index contributed by atoms with van der Waals surface area (Å²) in [5, 5.41) is 1.19. The van der Waals surface area contributed by atoms with Crippen LogP contribution in [0.5, 0.6) is 5.75 Å². The van der Waals surface area contributed by atoms with Gasteiger partial charge in [-0.05, 0) is 61.2 Å². The molecule has 134 valence electrons. The van der Waals surface area contributed by atoms with E-state index in [1.54, 1.807) is 0 Å². The fourth-order valence-corrected chi connectivity index (χ4v) is 3.85. The van der Waals surface area contributed by atoms with Crippen LogP contribution in [0, 0.1) is 6.92 Å². The Morgan fingerprint density at radius 3 is 2.54 bits per heavy atom. The van der Waals surface area contributed by atoms with Gasteiger partial charge in [-0.1, -0.05) is 37.3 Å². The third-order valence-corrected chi connectivity index (χ3v) is 5.48. The Morgan fingerprint density at radius 1 is 1.04 bits per heavy atom. The Balaban J connectivity index is 1.50. The van der Waals surface area contributed by atoms with Gasteiger partial charge in [-0.3, -0.25) is 4.98 Å². The minimum atomic E-state index is 0.343. The molecule has 1 aliphatic heterocycles. The van der Waals surface area contributed by atoms with Crippen molar-refractivity contribution in [3.8, 4) is 16.9 Å². The molecule has 0 aliphatic carbocycles. The third kappa shape index (κ3) is 3.45. The number of benzene rings is 2. The number of pyridine rings is 1. The molecule has 3 nitrogen and oxygen atoms in total. The van der Waals surface area contributed by atoms with Crippen molar-refractivity contribution in [2.75, 3.05) is 19.6 Å². The normalized spacial score (nSPS) is 16.1. The van der Waals surface area contributed by atoms with E-state index in [0.29, 0.717) is 6.10 Å². The van der Waals surface area contributed by atoms with Crippen molar-refractivity contribution >= 4 is 10.9 Å². The zero-order chi connectivity index (χ0) is 17.9. The van der Waals surface area contributed by atoms with Crippen LogP contribution in [0.1, 0.15) is 25.3 Å². The van der Waals surface area contributed by atoms with Crippen LogP contribution in [0.3, 0.4) is 0 Å². The highest BCUT2D eigenvalue weighted by Crippen LogP contribution is 2.30. The molecule has 0 amide bonds. The first-order chi connectivity index (χ1) is 12.7. The summed E-state index contributed by atoms with van der Waals surface area (Å²) in [5.74, 6) is 0.972. The van der Waals surface area contributed by atoms with E-state index >= 15 is 0 Å². The molecule has 0 atom stereocenters. The molecule has 0 saturated carbocycles. The molecule has 26 heavy (non-hydrogen) atoms. The van der Waals surface area contributed by atoms with Gasteiger partial charge in [-0.25, -0.2) is 0 Å². The van der Waals surface area contributed by atoms with E-state index in [1.807, 2.05) is 12.3 Å². The summed E-state index contributed by atoms with van der Waals surface area (Å²) in [7, 11) is 0. The van der Waals surface area contributed by atoms with E-state index in [4.69, 9.17) is 4.74 Å². The van der Waals surface area contributed by atoms with Gasteiger partial charge >= 0.3 is 0 Å². The minimum Gasteiger partial charge on any atom is -0.490 e. The van der Waals surface area contributed by atoms with Crippen LogP contribution >= 0.6 is 0 Å². The predicted octanol–water partition coefficient (Wildman–Crippen LogP) is 5.07. The Labute approximate surface area is 155 Å². The zero-order valence-corrected chi connectivity index (χ0v) is 15.6. The summed E-state index contributed by atoms with van der Waals surface area (Å²) < 4.78 is 6.20. The highest BCUT2D eigenvalue weighted by atomic mass is 16.5. The van der Waals surface area contributed by atoms with Gasteiger partial charge < -0.3 is 9.64 Å². The molecule has 0 unspecified atom stereocenters. The molecule has 0 spiro atoms. The molecule has 1 aliphatic rings. The molecule has 1 fully saturated rings. The van der Waals surface area contributed by atoms with Crippen molar-refractivity contribution < 1.29 is 4.74 Å². The number of aryl methyl sites for hydroxylation is 1. The number of nitrogens with zero attached hydrogens (tertiary/aromatic N) is 2. The maximum absolute atomic E-state index is 6.20. The largest absolute Gasteiger partial charge is 0.490 e. The zero-order valence-electron chi connectivity index (χ0n) is 15.6. The van der Waals surface area contributed by atoms with Crippen LogP contribution in [0.25, 0.3) is 22.0 Å². The first-order valence-corrected chi connectivity index (χ1v) is 9.58. The van der Waals surface area contributed by atoms with Crippen LogP contribution in [0.4, 0.5) is 0 Å². The van der Waals surface area contributed by atoms with Gasteiger partial charge in [-0.15, -0.1) is 0 Å². The molecule has 4 rings (SSSR count). The maximum atomic E-state index is 6.20. The molecule has 3 aromatic rings. The van der Waals surface area contributed by atoms with E-state index < -0.39 is 0 Å². The van der Waals surface area contributed by atoms with Gasteiger partial charge in [0.2, 0.25) is 0 Å². The smallest absolute Gasteiger partial charge is 0.119 e. The quantitative estimate of drug-likeness (QED) is 0.659. The van der Waals surface area contributed by atoms with E-state index in [9.17, 15) is 0 Å². The SMILES string of the molecule is CCN1CCC(Oc2ccc(-c3ccc4cccnc4c3C)cc2)CC1. The Morgan fingerprint density at radius 2 is 1.81 bits per heavy atom. The summed E-state index contributed by atoms with van der Waals surface area (Å²) >= 11 is 0. The van der Waals surface area contributed by atoms with E-state index in [0.717, 1.165) is 43.7 Å². The standard InChI is InChI=1S/C23H26N2O/c1-3-25-15-12-21(13-16-25)26-20-9-6-18(7-10-20)22-11-8-19-5-4-14-24-23(19)17(22)2/h4-11,14,21H,3,12-13,15-16H2,1-2H3. The van der Waals surface area contributed by atoms with Crippen molar-refractivity contribution in [3.05, 3.63) is 60.3 Å². The second-order valence-corrected chi connectivity index (χ2v) is 7.09. The van der Waals surface area contributed by atoms with Crippen molar-refractivity contribution in [2.45, 2.75) is 32.8 Å². The van der Waals surface area contributed by atoms with Gasteiger partial charge in [0.05, 0.1) is 5.52 Å². The Bertz CT molecular complexity index is 880. The van der Waals surface area contributed by atoms with Crippen LogP contribution in [0.2, 0.25) is 0 Å². The third-order valence-electron chi connectivity index (χ3n) is 5.48. The molecule has 2 heterocycles. The monoisotopic (exact) mass is 346 g/mol. The predicted molar refractivity (Wildman–Crippen MR) is 108 cm³/mol. The lowest BCUT2D eigenvalue weighted by Crippen LogP contribution is -2.37. The van der Waals surface area contributed by atoms with E-state index in [1.165, 1.54) is 22.1 Å². The van der Waals surface area contributed by atoms with E-state index in [-0.39, 0.29) is 0 Å². The average Bonchev–Trinajstić information content (AvgIpc) is 2.70. The molecule has 0 N–H and O–H groups in total. The molecule has 1 saturated heterocycles. The summed E-state index contributed by atoms with van der Waals surface area (Å²) in [4.78, 5) is 7.03. The van der Waals surface area contributed by atoms with Crippen LogP contribution in [-0.2, 0) is 0 Å². The fourth-order valence-electron chi connectivity index (χ4n) is 3.85. The second kappa shape index (κ2) is 7.46. The first-order valence-electron chi connectivity index (χ1n) is 9.58. The van der Waals surface area contributed by atoms with Crippen LogP contribution in [-0.4, -0.2) is 35.6 Å². The lowest BCUT2D eigenvalue weighted by atomic mass is 9.98. The van der Waals surface area contributed by atoms with Gasteiger partial charge in [0, 0.05) is 24.7 Å². The molecule has 3 heteroatoms. The highest BCUT2D eigenvalue weighted by molar-refractivity contribution is 5.88. The summed E-state index contributed by atoms with van der Waals surface area (Å²) in [6, 6.07) is 17.0. The number of piperidine rings is 1. The number of fused-ring (bicyclic) bond motifs is 1. The number of hydrogen-bond donors (Lipinski definition) is 0. The number of aromatic nitrogens is 1. The second-order valence-electron chi connectivity index (χ2n) is 7.09. The van der Waals surface area contributed by atoms with Crippen molar-refractivity contribution in [1.29, 1.82) is 0 Å². The first kappa shape index (κ1) is 17.0. The number of rotatable bonds is 4. The minimum absolute atomic E-state index is 0.343. The highest BCUT2D eigenvalue weighted by Gasteiger charge is 2.19. The molecule has 0 radical (unpaired) electrons. The lowest BCUT2D eigenvalue weighted by molar-refractivity contribution is 0.104. The van der Waals surface area contributed by atoms with Crippen LogP contribution < -0.4 is 4.74 Å². The maximum Gasteiger partial charge on any atom is 0.119 e. The van der Waals surface area contributed by atoms with Crippen molar-refractivity contribution in [1.82, 2.24) is 9.88 Å². The number of ether oxygens (including phenoxy) is 1. The van der Waals surface area contributed by atoms with Crippen LogP contribution in [0.15, 0.2) is 54.7 Å². The fraction of sp³-hybridized carbons (Fsp3) is 0.348. The van der Waals surface area contributed by atoms with Gasteiger partial charge in [0.15, 0.2) is 0 Å². The molecular formula is C23H26N2O. The Kier molecular flexibility index (Phi) is 4.89. The molecular weight excluding hydrogens is 320 g/mol. The van der Waals surface area contributed by atoms with Gasteiger partial charge in [-0.2, -0.15) is 0 Å². The molecule has 2 aromatic carbocycles. The average molecular weight is 346 g/mol.